The third-order valence-electron chi connectivity index (χ3n) is 4.79. The number of ether oxygens (including phenoxy) is 1. The van der Waals surface area contributed by atoms with Gasteiger partial charge in [-0.25, -0.2) is 4.79 Å². The second-order valence-electron chi connectivity index (χ2n) is 6.68. The highest BCUT2D eigenvalue weighted by Crippen LogP contribution is 2.36. The van der Waals surface area contributed by atoms with E-state index in [0.29, 0.717) is 31.0 Å². The van der Waals surface area contributed by atoms with Crippen LogP contribution in [0.1, 0.15) is 44.0 Å². The van der Waals surface area contributed by atoms with Crippen molar-refractivity contribution in [3.05, 3.63) is 39.1 Å². The summed E-state index contributed by atoms with van der Waals surface area (Å²) in [7, 11) is 0. The van der Waals surface area contributed by atoms with Crippen molar-refractivity contribution >= 4 is 28.7 Å². The lowest BCUT2D eigenvalue weighted by atomic mass is 10.1. The van der Waals surface area contributed by atoms with Crippen molar-refractivity contribution in [1.29, 1.82) is 0 Å². The highest BCUT2D eigenvalue weighted by molar-refractivity contribution is 14.1. The highest BCUT2D eigenvalue weighted by Gasteiger charge is 2.34. The fourth-order valence-electron chi connectivity index (χ4n) is 3.20. The second-order valence-corrected chi connectivity index (χ2v) is 7.76. The summed E-state index contributed by atoms with van der Waals surface area (Å²) in [5, 5.41) is 4.58. The van der Waals surface area contributed by atoms with E-state index in [1.54, 1.807) is 4.90 Å². The molecule has 0 saturated carbocycles. The first kappa shape index (κ1) is 20.9. The predicted octanol–water partition coefficient (Wildman–Crippen LogP) is 5.49. The van der Waals surface area contributed by atoms with Crippen LogP contribution in [0.5, 0.6) is 0 Å². The molecule has 3 rings (SSSR count). The van der Waals surface area contributed by atoms with E-state index in [9.17, 15) is 18.0 Å². The minimum atomic E-state index is -4.37. The van der Waals surface area contributed by atoms with Gasteiger partial charge in [-0.05, 0) is 48.1 Å². The standard InChI is InChI=1S/C19H21F3IN3O2/c1-3-4-11-28-18(27)25-9-10-26-17(12(25)2)15(23)16(24-26)13-5-7-14(8-6-13)19(20,21)22/h5-8,12H,3-4,9-11H2,1-2H3/t12-/m1/s1. The van der Waals surface area contributed by atoms with Gasteiger partial charge in [0.25, 0.3) is 0 Å². The highest BCUT2D eigenvalue weighted by atomic mass is 127. The van der Waals surface area contributed by atoms with E-state index in [2.05, 4.69) is 27.7 Å². The number of alkyl halides is 3. The number of nitrogens with zero attached hydrogens (tertiary/aromatic N) is 3. The Morgan fingerprint density at radius 3 is 2.57 bits per heavy atom. The quantitative estimate of drug-likeness (QED) is 0.407. The molecule has 1 aliphatic heterocycles. The van der Waals surface area contributed by atoms with E-state index in [4.69, 9.17) is 4.74 Å². The molecule has 1 aromatic carbocycles. The Morgan fingerprint density at radius 1 is 1.29 bits per heavy atom. The molecule has 0 bridgehead atoms. The molecule has 28 heavy (non-hydrogen) atoms. The predicted molar refractivity (Wildman–Crippen MR) is 107 cm³/mol. The molecule has 0 spiro atoms. The van der Waals surface area contributed by atoms with Gasteiger partial charge < -0.3 is 4.74 Å². The molecule has 0 unspecified atom stereocenters. The fourth-order valence-corrected chi connectivity index (χ4v) is 4.35. The number of carbonyl (C=O) groups excluding carboxylic acids is 1. The molecule has 1 atom stereocenters. The van der Waals surface area contributed by atoms with Crippen LogP contribution in [0.25, 0.3) is 11.3 Å². The van der Waals surface area contributed by atoms with Gasteiger partial charge in [-0.1, -0.05) is 25.5 Å². The lowest BCUT2D eigenvalue weighted by molar-refractivity contribution is -0.137. The lowest BCUT2D eigenvalue weighted by Crippen LogP contribution is -2.41. The molecule has 5 nitrogen and oxygen atoms in total. The number of hydrogen-bond donors (Lipinski definition) is 0. The monoisotopic (exact) mass is 507 g/mol. The first-order valence-corrected chi connectivity index (χ1v) is 10.2. The summed E-state index contributed by atoms with van der Waals surface area (Å²) in [4.78, 5) is 14.0. The molecule has 1 aliphatic rings. The summed E-state index contributed by atoms with van der Waals surface area (Å²) in [5.74, 6) is 0. The number of halogens is 4. The number of unbranched alkanes of at least 4 members (excludes halogenated alkanes) is 1. The van der Waals surface area contributed by atoms with E-state index >= 15 is 0 Å². The first-order chi connectivity index (χ1) is 13.2. The van der Waals surface area contributed by atoms with Crippen LogP contribution in [-0.2, 0) is 17.5 Å². The smallest absolute Gasteiger partial charge is 0.416 e. The Labute approximate surface area is 175 Å². The van der Waals surface area contributed by atoms with E-state index in [1.165, 1.54) is 12.1 Å². The normalized spacial score (nSPS) is 16.8. The molecule has 0 fully saturated rings. The Kier molecular flexibility index (Phi) is 6.21. The molecule has 1 aromatic heterocycles. The summed E-state index contributed by atoms with van der Waals surface area (Å²) < 4.78 is 46.4. The molecule has 0 radical (unpaired) electrons. The van der Waals surface area contributed by atoms with Crippen LogP contribution in [0.2, 0.25) is 0 Å². The minimum Gasteiger partial charge on any atom is -0.449 e. The van der Waals surface area contributed by atoms with Crippen LogP contribution < -0.4 is 0 Å². The zero-order chi connectivity index (χ0) is 20.5. The van der Waals surface area contributed by atoms with Crippen molar-refractivity contribution in [3.8, 4) is 11.3 Å². The van der Waals surface area contributed by atoms with Crippen molar-refractivity contribution in [2.75, 3.05) is 13.2 Å². The van der Waals surface area contributed by atoms with E-state index in [1.807, 2.05) is 18.5 Å². The van der Waals surface area contributed by atoms with Crippen molar-refractivity contribution in [1.82, 2.24) is 14.7 Å². The number of benzene rings is 1. The van der Waals surface area contributed by atoms with Crippen LogP contribution in [-0.4, -0.2) is 33.9 Å². The lowest BCUT2D eigenvalue weighted by Gasteiger charge is -2.33. The molecule has 152 valence electrons. The van der Waals surface area contributed by atoms with Gasteiger partial charge in [0, 0.05) is 12.1 Å². The number of carbonyl (C=O) groups is 1. The van der Waals surface area contributed by atoms with Crippen LogP contribution in [0.15, 0.2) is 24.3 Å². The van der Waals surface area contributed by atoms with Crippen LogP contribution in [0.3, 0.4) is 0 Å². The van der Waals surface area contributed by atoms with Crippen LogP contribution >= 0.6 is 22.6 Å². The third kappa shape index (κ3) is 4.13. The molecule has 2 heterocycles. The van der Waals surface area contributed by atoms with Gasteiger partial charge in [0.1, 0.15) is 5.69 Å². The van der Waals surface area contributed by atoms with Gasteiger partial charge in [0.05, 0.1) is 34.0 Å². The van der Waals surface area contributed by atoms with Crippen LogP contribution in [0, 0.1) is 3.57 Å². The third-order valence-corrected chi connectivity index (χ3v) is 5.85. The van der Waals surface area contributed by atoms with Gasteiger partial charge in [0.15, 0.2) is 0 Å². The Morgan fingerprint density at radius 2 is 1.96 bits per heavy atom. The average Bonchev–Trinajstić information content (AvgIpc) is 2.99. The Hall–Kier alpha value is -1.78. The maximum Gasteiger partial charge on any atom is 0.416 e. The zero-order valence-corrected chi connectivity index (χ0v) is 17.7. The molecule has 0 aliphatic carbocycles. The van der Waals surface area contributed by atoms with Gasteiger partial charge in [0.2, 0.25) is 0 Å². The van der Waals surface area contributed by atoms with Crippen molar-refractivity contribution in [2.24, 2.45) is 0 Å². The van der Waals surface area contributed by atoms with Gasteiger partial charge in [-0.15, -0.1) is 0 Å². The van der Waals surface area contributed by atoms with Crippen molar-refractivity contribution in [2.45, 2.75) is 45.5 Å². The summed E-state index contributed by atoms with van der Waals surface area (Å²) in [6.45, 7) is 5.32. The summed E-state index contributed by atoms with van der Waals surface area (Å²) in [5.41, 5.74) is 1.42. The maximum absolute atomic E-state index is 12.8. The minimum absolute atomic E-state index is 0.231. The van der Waals surface area contributed by atoms with Gasteiger partial charge in [-0.2, -0.15) is 18.3 Å². The zero-order valence-electron chi connectivity index (χ0n) is 15.6. The fraction of sp³-hybridized carbons (Fsp3) is 0.474. The van der Waals surface area contributed by atoms with Gasteiger partial charge in [-0.3, -0.25) is 9.58 Å². The summed E-state index contributed by atoms with van der Waals surface area (Å²) in [6, 6.07) is 4.75. The van der Waals surface area contributed by atoms with Gasteiger partial charge >= 0.3 is 12.3 Å². The molecular formula is C19H21F3IN3O2. The molecule has 0 N–H and O–H groups in total. The number of hydrogen-bond acceptors (Lipinski definition) is 3. The largest absolute Gasteiger partial charge is 0.449 e. The number of rotatable bonds is 4. The summed E-state index contributed by atoms with van der Waals surface area (Å²) >= 11 is 2.15. The van der Waals surface area contributed by atoms with E-state index in [0.717, 1.165) is 34.2 Å². The number of aromatic nitrogens is 2. The number of amides is 1. The molecule has 2 aromatic rings. The second kappa shape index (κ2) is 8.30. The molecule has 0 saturated heterocycles. The number of fused-ring (bicyclic) bond motifs is 1. The van der Waals surface area contributed by atoms with E-state index < -0.39 is 11.7 Å². The topological polar surface area (TPSA) is 47.4 Å². The van der Waals surface area contributed by atoms with Crippen molar-refractivity contribution in [3.63, 3.8) is 0 Å². The maximum atomic E-state index is 12.8. The molecule has 9 heteroatoms. The molecular weight excluding hydrogens is 486 g/mol. The summed E-state index contributed by atoms with van der Waals surface area (Å²) in [6.07, 6.45) is -2.95. The van der Waals surface area contributed by atoms with Crippen LogP contribution in [0.4, 0.5) is 18.0 Å². The SMILES string of the molecule is CCCCOC(=O)N1CCn2nc(-c3ccc(C(F)(F)F)cc3)c(I)c2[C@H]1C. The van der Waals surface area contributed by atoms with Crippen molar-refractivity contribution < 1.29 is 22.7 Å². The Bertz CT molecular complexity index is 849. The Balaban J connectivity index is 1.84. The first-order valence-electron chi connectivity index (χ1n) is 9.11. The average molecular weight is 507 g/mol. The molecule has 1 amide bonds. The van der Waals surface area contributed by atoms with E-state index in [-0.39, 0.29) is 12.1 Å².